The van der Waals surface area contributed by atoms with Gasteiger partial charge < -0.3 is 4.74 Å². The first-order valence-corrected chi connectivity index (χ1v) is 4.74. The van der Waals surface area contributed by atoms with Crippen LogP contribution in [-0.4, -0.2) is 17.7 Å². The maximum Gasteiger partial charge on any atom is 0.341 e. The molecule has 0 atom stereocenters. The van der Waals surface area contributed by atoms with Gasteiger partial charge in [-0.05, 0) is 36.4 Å². The van der Waals surface area contributed by atoms with E-state index in [1.165, 1.54) is 0 Å². The van der Waals surface area contributed by atoms with Gasteiger partial charge in [0, 0.05) is 3.58 Å². The topological polar surface area (TPSA) is 50.2 Å². The largest absolute Gasteiger partial charge is 0.462 e. The molecule has 0 aliphatic heterocycles. The van der Waals surface area contributed by atoms with Gasteiger partial charge in [0.25, 0.3) is 0 Å². The minimum atomic E-state index is -0.538. The molecule has 1 N–H and O–H groups in total. The molecule has 0 rings (SSSR count). The van der Waals surface area contributed by atoms with E-state index in [1.54, 1.807) is 13.8 Å². The van der Waals surface area contributed by atoms with Gasteiger partial charge in [-0.2, -0.15) is 0 Å². The van der Waals surface area contributed by atoms with E-state index in [9.17, 15) is 4.79 Å². The van der Waals surface area contributed by atoms with Crippen LogP contribution in [0.3, 0.4) is 0 Å². The molecule has 0 aliphatic carbocycles. The fourth-order valence-electron chi connectivity index (χ4n) is 0.585. The highest BCUT2D eigenvalue weighted by atomic mass is 127. The van der Waals surface area contributed by atoms with Crippen molar-refractivity contribution >= 4 is 45.3 Å². The van der Waals surface area contributed by atoms with Crippen molar-refractivity contribution in [2.75, 3.05) is 6.61 Å². The number of allylic oxidation sites excluding steroid dienone is 1. The van der Waals surface area contributed by atoms with Crippen LogP contribution in [0.1, 0.15) is 13.8 Å². The molecule has 0 radical (unpaired) electrons. The van der Waals surface area contributed by atoms with Gasteiger partial charge in [-0.25, -0.2) is 4.79 Å². The molecule has 0 spiro atoms. The fraction of sp³-hybridized carbons (Fsp3) is 0.429. The summed E-state index contributed by atoms with van der Waals surface area (Å²) in [6.07, 6.45) is 0. The standard InChI is InChI=1S/C7H9ClINO2/c1-3-12-7(11)5(4(2)9)6(8)10/h10H,3H2,1-2H3/b5-4-,10-6?. The molecule has 5 heteroatoms. The SMILES string of the molecule is CCOC(=O)/C(C(=N)Cl)=C(/C)I. The second kappa shape index (κ2) is 5.53. The highest BCUT2D eigenvalue weighted by Gasteiger charge is 2.16. The van der Waals surface area contributed by atoms with Gasteiger partial charge in [0.2, 0.25) is 0 Å². The first-order valence-electron chi connectivity index (χ1n) is 3.28. The molecule has 68 valence electrons. The molecule has 0 aromatic heterocycles. The third-order valence-electron chi connectivity index (χ3n) is 1.04. The summed E-state index contributed by atoms with van der Waals surface area (Å²) >= 11 is 7.32. The molecule has 0 fully saturated rings. The molecule has 0 aromatic carbocycles. The minimum absolute atomic E-state index is 0.138. The van der Waals surface area contributed by atoms with Gasteiger partial charge in [0.05, 0.1) is 6.61 Å². The highest BCUT2D eigenvalue weighted by Crippen LogP contribution is 2.16. The first-order chi connectivity index (χ1) is 5.50. The van der Waals surface area contributed by atoms with Crippen LogP contribution in [0, 0.1) is 5.41 Å². The summed E-state index contributed by atoms with van der Waals surface area (Å²) in [6, 6.07) is 0. The summed E-state index contributed by atoms with van der Waals surface area (Å²) in [5.74, 6) is -0.538. The average Bonchev–Trinajstić information content (AvgIpc) is 1.85. The summed E-state index contributed by atoms with van der Waals surface area (Å²) in [5, 5.41) is 6.82. The van der Waals surface area contributed by atoms with Gasteiger partial charge in [0.15, 0.2) is 0 Å². The number of hydrogen-bond acceptors (Lipinski definition) is 3. The molecule has 0 aromatic rings. The van der Waals surface area contributed by atoms with E-state index in [0.717, 1.165) is 0 Å². The van der Waals surface area contributed by atoms with Crippen LogP contribution in [0.2, 0.25) is 0 Å². The van der Waals surface area contributed by atoms with Crippen molar-refractivity contribution in [2.24, 2.45) is 0 Å². The summed E-state index contributed by atoms with van der Waals surface area (Å²) < 4.78 is 5.36. The molecular weight excluding hydrogens is 292 g/mol. The van der Waals surface area contributed by atoms with Gasteiger partial charge in [0.1, 0.15) is 10.7 Å². The van der Waals surface area contributed by atoms with E-state index >= 15 is 0 Å². The third kappa shape index (κ3) is 3.53. The van der Waals surface area contributed by atoms with Crippen LogP contribution in [0.4, 0.5) is 0 Å². The zero-order chi connectivity index (χ0) is 9.72. The Labute approximate surface area is 89.8 Å². The summed E-state index contributed by atoms with van der Waals surface area (Å²) in [6.45, 7) is 3.69. The number of esters is 1. The van der Waals surface area contributed by atoms with Gasteiger partial charge in [-0.15, -0.1) is 0 Å². The Morgan fingerprint density at radius 2 is 2.17 bits per heavy atom. The van der Waals surface area contributed by atoms with Crippen LogP contribution in [-0.2, 0) is 9.53 Å². The molecule has 0 saturated carbocycles. The van der Waals surface area contributed by atoms with Gasteiger partial charge in [-0.3, -0.25) is 5.41 Å². The van der Waals surface area contributed by atoms with E-state index in [1.807, 2.05) is 22.6 Å². The number of carbonyl (C=O) groups excluding carboxylic acids is 1. The number of hydrogen-bond donors (Lipinski definition) is 1. The van der Waals surface area contributed by atoms with Gasteiger partial charge >= 0.3 is 5.97 Å². The second-order valence-electron chi connectivity index (χ2n) is 1.94. The van der Waals surface area contributed by atoms with E-state index in [4.69, 9.17) is 21.7 Å². The average molecular weight is 302 g/mol. The molecule has 3 nitrogen and oxygen atoms in total. The maximum absolute atomic E-state index is 11.1. The number of rotatable bonds is 3. The van der Waals surface area contributed by atoms with E-state index in [2.05, 4.69) is 0 Å². The van der Waals surface area contributed by atoms with Gasteiger partial charge in [-0.1, -0.05) is 11.6 Å². The number of ether oxygens (including phenoxy) is 1. The van der Waals surface area contributed by atoms with E-state index < -0.39 is 5.97 Å². The van der Waals surface area contributed by atoms with Crippen LogP contribution in [0.5, 0.6) is 0 Å². The Hall–Kier alpha value is -0.100. The smallest absolute Gasteiger partial charge is 0.341 e. The van der Waals surface area contributed by atoms with Crippen molar-refractivity contribution in [1.29, 1.82) is 5.41 Å². The quantitative estimate of drug-likeness (QED) is 0.377. The predicted molar refractivity (Wildman–Crippen MR) is 56.9 cm³/mol. The van der Waals surface area contributed by atoms with Crippen molar-refractivity contribution in [3.63, 3.8) is 0 Å². The van der Waals surface area contributed by atoms with Crippen LogP contribution < -0.4 is 0 Å². The van der Waals surface area contributed by atoms with E-state index in [-0.39, 0.29) is 17.4 Å². The maximum atomic E-state index is 11.1. The fourth-order valence-corrected chi connectivity index (χ4v) is 1.45. The van der Waals surface area contributed by atoms with Crippen molar-refractivity contribution < 1.29 is 9.53 Å². The molecule has 0 amide bonds. The number of carbonyl (C=O) groups is 1. The minimum Gasteiger partial charge on any atom is -0.462 e. The number of halogens is 2. The normalized spacial score (nSPS) is 12.0. The molecule has 12 heavy (non-hydrogen) atoms. The summed E-state index contributed by atoms with van der Waals surface area (Å²) in [5.41, 5.74) is 0.138. The summed E-state index contributed by atoms with van der Waals surface area (Å²) in [4.78, 5) is 11.1. The molecule has 0 saturated heterocycles. The molecule has 0 aliphatic rings. The van der Waals surface area contributed by atoms with Crippen molar-refractivity contribution in [3.8, 4) is 0 Å². The Balaban J connectivity index is 4.67. The Kier molecular flexibility index (Phi) is 5.48. The third-order valence-corrected chi connectivity index (χ3v) is 1.77. The molecular formula is C7H9ClINO2. The zero-order valence-electron chi connectivity index (χ0n) is 6.78. The van der Waals surface area contributed by atoms with Crippen molar-refractivity contribution in [3.05, 3.63) is 9.15 Å². The lowest BCUT2D eigenvalue weighted by Gasteiger charge is -2.04. The van der Waals surface area contributed by atoms with Crippen molar-refractivity contribution in [1.82, 2.24) is 0 Å². The second-order valence-corrected chi connectivity index (χ2v) is 3.94. The Morgan fingerprint density at radius 1 is 1.67 bits per heavy atom. The molecule has 0 bridgehead atoms. The lowest BCUT2D eigenvalue weighted by molar-refractivity contribution is -0.137. The van der Waals surface area contributed by atoms with Crippen LogP contribution >= 0.6 is 34.2 Å². The molecule has 0 unspecified atom stereocenters. The molecule has 0 heterocycles. The van der Waals surface area contributed by atoms with Crippen LogP contribution in [0.25, 0.3) is 0 Å². The predicted octanol–water partition coefficient (Wildman–Crippen LogP) is 2.47. The zero-order valence-corrected chi connectivity index (χ0v) is 9.69. The lowest BCUT2D eigenvalue weighted by Crippen LogP contribution is -2.12. The van der Waals surface area contributed by atoms with Crippen LogP contribution in [0.15, 0.2) is 9.15 Å². The number of nitrogens with one attached hydrogen (secondary N) is 1. The van der Waals surface area contributed by atoms with Crippen molar-refractivity contribution in [2.45, 2.75) is 13.8 Å². The Morgan fingerprint density at radius 3 is 2.42 bits per heavy atom. The highest BCUT2D eigenvalue weighted by molar-refractivity contribution is 14.1. The Bertz CT molecular complexity index is 234. The van der Waals surface area contributed by atoms with E-state index in [0.29, 0.717) is 3.58 Å². The monoisotopic (exact) mass is 301 g/mol. The summed E-state index contributed by atoms with van der Waals surface area (Å²) in [7, 11) is 0. The first kappa shape index (κ1) is 11.9. The lowest BCUT2D eigenvalue weighted by atomic mass is 10.3.